The van der Waals surface area contributed by atoms with Crippen LogP contribution in [0.2, 0.25) is 5.02 Å². The van der Waals surface area contributed by atoms with Gasteiger partial charge in [0.25, 0.3) is 5.78 Å². The number of ketones is 1. The van der Waals surface area contributed by atoms with E-state index in [1.54, 1.807) is 11.6 Å². The quantitative estimate of drug-likeness (QED) is 0.810. The molecule has 6 nitrogen and oxygen atoms in total. The lowest BCUT2D eigenvalue weighted by Gasteiger charge is -2.04. The predicted octanol–water partition coefficient (Wildman–Crippen LogP) is 2.25. The summed E-state index contributed by atoms with van der Waals surface area (Å²) in [7, 11) is 0. The summed E-state index contributed by atoms with van der Waals surface area (Å²) in [5.74, 6) is -2.03. The van der Waals surface area contributed by atoms with E-state index in [2.05, 4.69) is 15.4 Å². The lowest BCUT2D eigenvalue weighted by Crippen LogP contribution is -2.23. The van der Waals surface area contributed by atoms with Gasteiger partial charge in [-0.3, -0.25) is 9.48 Å². The van der Waals surface area contributed by atoms with Crippen LogP contribution in [0.15, 0.2) is 6.20 Å². The van der Waals surface area contributed by atoms with Crippen molar-refractivity contribution in [3.8, 4) is 0 Å². The molecule has 2 heterocycles. The van der Waals surface area contributed by atoms with Crippen molar-refractivity contribution in [1.82, 2.24) is 24.8 Å². The van der Waals surface area contributed by atoms with Gasteiger partial charge in [0.1, 0.15) is 0 Å². The molecule has 0 atom stereocenters. The number of hydrogen-bond donors (Lipinski definition) is 0. The Hall–Kier alpha value is -1.90. The summed E-state index contributed by atoms with van der Waals surface area (Å²) in [6, 6.07) is 0. The first-order valence-corrected chi connectivity index (χ1v) is 6.35. The number of Topliss-reactive ketones (excluding diaryl/α,β-unsaturated/α-hetero) is 1. The summed E-state index contributed by atoms with van der Waals surface area (Å²) in [5.41, 5.74) is 0.450. The highest BCUT2D eigenvalue weighted by molar-refractivity contribution is 6.31. The summed E-state index contributed by atoms with van der Waals surface area (Å²) in [5, 5.41) is 11.4. The molecular formula is C11H11ClF3N5O. The largest absolute Gasteiger partial charge is 0.456 e. The van der Waals surface area contributed by atoms with Crippen LogP contribution in [0.5, 0.6) is 0 Å². The molecule has 0 aliphatic carbocycles. The van der Waals surface area contributed by atoms with E-state index in [0.717, 1.165) is 10.9 Å². The van der Waals surface area contributed by atoms with Gasteiger partial charge in [0.2, 0.25) is 0 Å². The van der Waals surface area contributed by atoms with Gasteiger partial charge in [-0.05, 0) is 13.8 Å². The fourth-order valence-corrected chi connectivity index (χ4v) is 1.99. The fourth-order valence-electron chi connectivity index (χ4n) is 1.80. The third kappa shape index (κ3) is 3.07. The van der Waals surface area contributed by atoms with Crippen molar-refractivity contribution in [3.05, 3.63) is 28.3 Å². The van der Waals surface area contributed by atoms with Crippen LogP contribution in [0.1, 0.15) is 28.8 Å². The van der Waals surface area contributed by atoms with Crippen molar-refractivity contribution in [2.45, 2.75) is 33.1 Å². The van der Waals surface area contributed by atoms with Crippen molar-refractivity contribution >= 4 is 17.4 Å². The lowest BCUT2D eigenvalue weighted by atomic mass is 10.3. The zero-order valence-corrected chi connectivity index (χ0v) is 11.9. The maximum Gasteiger partial charge on any atom is 0.456 e. The molecule has 0 bridgehead atoms. The van der Waals surface area contributed by atoms with E-state index in [1.807, 2.05) is 6.92 Å². The molecule has 0 radical (unpaired) electrons. The van der Waals surface area contributed by atoms with Gasteiger partial charge in [0.15, 0.2) is 5.69 Å². The molecule has 10 heteroatoms. The van der Waals surface area contributed by atoms with Gasteiger partial charge in [-0.1, -0.05) is 16.8 Å². The molecule has 0 aliphatic rings. The Morgan fingerprint density at radius 1 is 1.43 bits per heavy atom. The predicted molar refractivity (Wildman–Crippen MR) is 67.2 cm³/mol. The molecule has 0 aromatic carbocycles. The molecule has 21 heavy (non-hydrogen) atoms. The van der Waals surface area contributed by atoms with Crippen LogP contribution in [0, 0.1) is 6.92 Å². The Balaban J connectivity index is 2.26. The molecule has 0 N–H and O–H groups in total. The first-order chi connectivity index (χ1) is 9.74. The number of hydrogen-bond acceptors (Lipinski definition) is 4. The second kappa shape index (κ2) is 5.47. The van der Waals surface area contributed by atoms with Crippen LogP contribution >= 0.6 is 11.6 Å². The number of nitrogens with zero attached hydrogens (tertiary/aromatic N) is 5. The van der Waals surface area contributed by atoms with E-state index in [1.165, 1.54) is 0 Å². The SMILES string of the molecule is CCn1nc(C)c(Cl)c1Cn1cc(C(=O)C(F)(F)F)nn1. The van der Waals surface area contributed by atoms with E-state index in [9.17, 15) is 18.0 Å². The molecule has 0 saturated heterocycles. The van der Waals surface area contributed by atoms with E-state index >= 15 is 0 Å². The Morgan fingerprint density at radius 2 is 2.10 bits per heavy atom. The average Bonchev–Trinajstić information content (AvgIpc) is 2.97. The first-order valence-electron chi connectivity index (χ1n) is 5.97. The Bertz CT molecular complexity index is 676. The Kier molecular flexibility index (Phi) is 4.04. The molecular weight excluding hydrogens is 311 g/mol. The number of aromatic nitrogens is 5. The minimum Gasteiger partial charge on any atom is -0.282 e. The summed E-state index contributed by atoms with van der Waals surface area (Å²) in [6.45, 7) is 4.20. The third-order valence-electron chi connectivity index (χ3n) is 2.79. The molecule has 2 aromatic rings. The number of rotatable bonds is 4. The summed E-state index contributed by atoms with van der Waals surface area (Å²) in [4.78, 5) is 11.0. The van der Waals surface area contributed by atoms with Gasteiger partial charge in [-0.25, -0.2) is 4.68 Å². The third-order valence-corrected chi connectivity index (χ3v) is 3.28. The van der Waals surface area contributed by atoms with Crippen LogP contribution in [0.3, 0.4) is 0 Å². The van der Waals surface area contributed by atoms with Gasteiger partial charge < -0.3 is 0 Å². The number of carbonyl (C=O) groups is 1. The normalized spacial score (nSPS) is 11.9. The average molecular weight is 322 g/mol. The molecule has 0 amide bonds. The van der Waals surface area contributed by atoms with E-state index < -0.39 is 17.7 Å². The maximum atomic E-state index is 12.3. The molecule has 2 aromatic heterocycles. The van der Waals surface area contributed by atoms with E-state index in [4.69, 9.17) is 11.6 Å². The smallest absolute Gasteiger partial charge is 0.282 e. The Labute approximate surface area is 122 Å². The van der Waals surface area contributed by atoms with Crippen LogP contribution in [-0.2, 0) is 13.1 Å². The van der Waals surface area contributed by atoms with Crippen LogP contribution in [0.25, 0.3) is 0 Å². The second-order valence-electron chi connectivity index (χ2n) is 4.29. The van der Waals surface area contributed by atoms with Crippen LogP contribution in [0.4, 0.5) is 13.2 Å². The second-order valence-corrected chi connectivity index (χ2v) is 4.67. The highest BCUT2D eigenvalue weighted by Gasteiger charge is 2.41. The van der Waals surface area contributed by atoms with Gasteiger partial charge in [-0.15, -0.1) is 5.10 Å². The zero-order chi connectivity index (χ0) is 15.8. The fraction of sp³-hybridized carbons (Fsp3) is 0.455. The van der Waals surface area contributed by atoms with E-state index in [0.29, 0.717) is 23.0 Å². The van der Waals surface area contributed by atoms with Crippen LogP contribution < -0.4 is 0 Å². The Morgan fingerprint density at radius 3 is 2.67 bits per heavy atom. The number of alkyl halides is 3. The van der Waals surface area contributed by atoms with E-state index in [-0.39, 0.29) is 6.54 Å². The minimum atomic E-state index is -4.97. The van der Waals surface area contributed by atoms with Crippen molar-refractivity contribution in [2.75, 3.05) is 0 Å². The molecule has 0 saturated carbocycles. The molecule has 114 valence electrons. The first kappa shape index (κ1) is 15.5. The van der Waals surface area contributed by atoms with Gasteiger partial charge in [-0.2, -0.15) is 18.3 Å². The lowest BCUT2D eigenvalue weighted by molar-refractivity contribution is -0.0888. The summed E-state index contributed by atoms with van der Waals surface area (Å²) >= 11 is 6.09. The molecule has 0 unspecified atom stereocenters. The zero-order valence-electron chi connectivity index (χ0n) is 11.1. The standard InChI is InChI=1S/C11H11ClF3N5O/c1-3-20-8(9(12)6(2)17-20)5-19-4-7(16-18-19)10(21)11(13,14)15/h4H,3,5H2,1-2H3. The molecule has 2 rings (SSSR count). The van der Waals surface area contributed by atoms with Crippen molar-refractivity contribution in [3.63, 3.8) is 0 Å². The highest BCUT2D eigenvalue weighted by atomic mass is 35.5. The summed E-state index contributed by atoms with van der Waals surface area (Å²) in [6.07, 6.45) is -4.03. The molecule has 0 aliphatic heterocycles. The highest BCUT2D eigenvalue weighted by Crippen LogP contribution is 2.22. The maximum absolute atomic E-state index is 12.3. The monoisotopic (exact) mass is 321 g/mol. The molecule has 0 fully saturated rings. The van der Waals surface area contributed by atoms with Crippen molar-refractivity contribution in [2.24, 2.45) is 0 Å². The van der Waals surface area contributed by atoms with Gasteiger partial charge in [0, 0.05) is 6.54 Å². The van der Waals surface area contributed by atoms with Crippen molar-refractivity contribution in [1.29, 1.82) is 0 Å². The van der Waals surface area contributed by atoms with Gasteiger partial charge >= 0.3 is 6.18 Å². The number of carbonyl (C=O) groups excluding carboxylic acids is 1. The summed E-state index contributed by atoms with van der Waals surface area (Å²) < 4.78 is 39.6. The number of halogens is 4. The van der Waals surface area contributed by atoms with Crippen LogP contribution in [-0.4, -0.2) is 36.7 Å². The molecule has 0 spiro atoms. The topological polar surface area (TPSA) is 65.6 Å². The number of aryl methyl sites for hydroxylation is 2. The minimum absolute atomic E-state index is 0.0751. The van der Waals surface area contributed by atoms with Gasteiger partial charge in [0.05, 0.1) is 29.2 Å². The van der Waals surface area contributed by atoms with Crippen molar-refractivity contribution < 1.29 is 18.0 Å².